The number of ether oxygens (including phenoxy) is 2. The van der Waals surface area contributed by atoms with Gasteiger partial charge in [0.1, 0.15) is 11.8 Å². The van der Waals surface area contributed by atoms with Crippen LogP contribution in [0.15, 0.2) is 36.7 Å². The highest BCUT2D eigenvalue weighted by molar-refractivity contribution is 5.95. The molecule has 0 radical (unpaired) electrons. The molecule has 2 N–H and O–H groups in total. The van der Waals surface area contributed by atoms with E-state index in [-0.39, 0.29) is 30.4 Å². The zero-order valence-electron chi connectivity index (χ0n) is 13.2. The van der Waals surface area contributed by atoms with Gasteiger partial charge in [-0.25, -0.2) is 9.97 Å². The standard InChI is InChI=1S/C16H18N4O3.ClH/c1-11-9-12(23-16-18-5-2-6-19-16)3-4-13(11)20-15(21)14-10-22-8-7-17-14;/h2-6,9,14,17H,7-8,10H2,1H3,(H,20,21);1H. The van der Waals surface area contributed by atoms with Gasteiger partial charge in [0, 0.05) is 24.6 Å². The molecular weight excluding hydrogens is 332 g/mol. The number of aromatic nitrogens is 2. The van der Waals surface area contributed by atoms with Crippen molar-refractivity contribution in [2.75, 3.05) is 25.1 Å². The number of hydrogen-bond donors (Lipinski definition) is 2. The molecule has 0 spiro atoms. The SMILES string of the molecule is Cc1cc(Oc2ncccn2)ccc1NC(=O)C1COCCN1.Cl. The first-order valence-electron chi connectivity index (χ1n) is 7.40. The molecule has 1 fully saturated rings. The van der Waals surface area contributed by atoms with Crippen LogP contribution in [0.1, 0.15) is 5.56 Å². The fraction of sp³-hybridized carbons (Fsp3) is 0.312. The maximum atomic E-state index is 12.2. The van der Waals surface area contributed by atoms with Crippen molar-refractivity contribution >= 4 is 24.0 Å². The first-order chi connectivity index (χ1) is 11.2. The molecule has 3 rings (SSSR count). The molecule has 1 amide bonds. The summed E-state index contributed by atoms with van der Waals surface area (Å²) in [4.78, 5) is 20.2. The van der Waals surface area contributed by atoms with Gasteiger partial charge in [0.15, 0.2) is 0 Å². The number of halogens is 1. The number of benzene rings is 1. The molecule has 8 heteroatoms. The van der Waals surface area contributed by atoms with E-state index in [1.165, 1.54) is 0 Å². The van der Waals surface area contributed by atoms with E-state index in [4.69, 9.17) is 9.47 Å². The number of nitrogens with zero attached hydrogens (tertiary/aromatic N) is 2. The normalized spacial score (nSPS) is 16.8. The second-order valence-electron chi connectivity index (χ2n) is 5.18. The Bertz CT molecular complexity index is 678. The third-order valence-electron chi connectivity index (χ3n) is 3.45. The fourth-order valence-electron chi connectivity index (χ4n) is 2.24. The Labute approximate surface area is 146 Å². The average Bonchev–Trinajstić information content (AvgIpc) is 2.59. The van der Waals surface area contributed by atoms with Crippen LogP contribution in [-0.4, -0.2) is 41.7 Å². The van der Waals surface area contributed by atoms with Crippen LogP contribution in [0.3, 0.4) is 0 Å². The number of morpholine rings is 1. The largest absolute Gasteiger partial charge is 0.424 e. The molecule has 24 heavy (non-hydrogen) atoms. The summed E-state index contributed by atoms with van der Waals surface area (Å²) in [7, 11) is 0. The van der Waals surface area contributed by atoms with Gasteiger partial charge in [-0.1, -0.05) is 0 Å². The van der Waals surface area contributed by atoms with Gasteiger partial charge in [-0.05, 0) is 36.8 Å². The van der Waals surface area contributed by atoms with Crippen molar-refractivity contribution in [3.63, 3.8) is 0 Å². The Morgan fingerprint density at radius 2 is 2.17 bits per heavy atom. The number of hydrogen-bond acceptors (Lipinski definition) is 6. The Balaban J connectivity index is 0.00000208. The van der Waals surface area contributed by atoms with Gasteiger partial charge in [-0.3, -0.25) is 4.79 Å². The first kappa shape index (κ1) is 18.1. The molecule has 128 valence electrons. The van der Waals surface area contributed by atoms with Crippen molar-refractivity contribution in [1.82, 2.24) is 15.3 Å². The highest BCUT2D eigenvalue weighted by Gasteiger charge is 2.21. The second kappa shape index (κ2) is 8.58. The molecule has 2 aromatic rings. The first-order valence-corrected chi connectivity index (χ1v) is 7.40. The summed E-state index contributed by atoms with van der Waals surface area (Å²) < 4.78 is 10.9. The lowest BCUT2D eigenvalue weighted by atomic mass is 10.1. The van der Waals surface area contributed by atoms with Gasteiger partial charge in [0.05, 0.1) is 13.2 Å². The number of carbonyl (C=O) groups excluding carboxylic acids is 1. The lowest BCUT2D eigenvalue weighted by molar-refractivity contribution is -0.120. The molecule has 1 aliphatic rings. The van der Waals surface area contributed by atoms with Crippen molar-refractivity contribution in [3.8, 4) is 11.8 Å². The summed E-state index contributed by atoms with van der Waals surface area (Å²) in [6.07, 6.45) is 3.23. The molecular formula is C16H19ClN4O3. The van der Waals surface area contributed by atoms with Crippen molar-refractivity contribution in [2.24, 2.45) is 0 Å². The predicted molar refractivity (Wildman–Crippen MR) is 91.8 cm³/mol. The van der Waals surface area contributed by atoms with Crippen LogP contribution in [0, 0.1) is 6.92 Å². The number of carbonyl (C=O) groups is 1. The monoisotopic (exact) mass is 350 g/mol. The molecule has 1 atom stereocenters. The minimum absolute atomic E-state index is 0. The fourth-order valence-corrected chi connectivity index (χ4v) is 2.24. The van der Waals surface area contributed by atoms with Gasteiger partial charge in [0.25, 0.3) is 0 Å². The van der Waals surface area contributed by atoms with E-state index < -0.39 is 0 Å². The van der Waals surface area contributed by atoms with Crippen LogP contribution in [0.2, 0.25) is 0 Å². The van der Waals surface area contributed by atoms with Crippen LogP contribution in [0.4, 0.5) is 5.69 Å². The van der Waals surface area contributed by atoms with Crippen LogP contribution in [0.25, 0.3) is 0 Å². The molecule has 1 aromatic carbocycles. The molecule has 1 unspecified atom stereocenters. The number of nitrogens with one attached hydrogen (secondary N) is 2. The highest BCUT2D eigenvalue weighted by atomic mass is 35.5. The zero-order valence-corrected chi connectivity index (χ0v) is 14.0. The van der Waals surface area contributed by atoms with Crippen LogP contribution in [0.5, 0.6) is 11.8 Å². The quantitative estimate of drug-likeness (QED) is 0.876. The van der Waals surface area contributed by atoms with Crippen LogP contribution in [-0.2, 0) is 9.53 Å². The summed E-state index contributed by atoms with van der Waals surface area (Å²) in [6.45, 7) is 3.61. The van der Waals surface area contributed by atoms with E-state index >= 15 is 0 Å². The Morgan fingerprint density at radius 1 is 1.38 bits per heavy atom. The number of anilines is 1. The minimum atomic E-state index is -0.322. The molecule has 2 heterocycles. The van der Waals surface area contributed by atoms with E-state index in [0.717, 1.165) is 11.3 Å². The predicted octanol–water partition coefficient (Wildman–Crippen LogP) is 1.93. The molecule has 0 saturated carbocycles. The summed E-state index contributed by atoms with van der Waals surface area (Å²) >= 11 is 0. The van der Waals surface area contributed by atoms with E-state index in [2.05, 4.69) is 20.6 Å². The highest BCUT2D eigenvalue weighted by Crippen LogP contribution is 2.24. The lowest BCUT2D eigenvalue weighted by Crippen LogP contribution is -2.48. The van der Waals surface area contributed by atoms with Gasteiger partial charge in [-0.2, -0.15) is 0 Å². The Morgan fingerprint density at radius 3 is 2.83 bits per heavy atom. The smallest absolute Gasteiger partial charge is 0.321 e. The summed E-state index contributed by atoms with van der Waals surface area (Å²) in [5.74, 6) is 0.513. The van der Waals surface area contributed by atoms with Gasteiger partial charge in [-0.15, -0.1) is 12.4 Å². The maximum Gasteiger partial charge on any atom is 0.321 e. The van der Waals surface area contributed by atoms with Crippen LogP contribution < -0.4 is 15.4 Å². The van der Waals surface area contributed by atoms with Gasteiger partial charge in [0.2, 0.25) is 5.91 Å². The Kier molecular flexibility index (Phi) is 6.48. The third-order valence-corrected chi connectivity index (χ3v) is 3.45. The molecule has 1 aliphatic heterocycles. The number of amides is 1. The molecule has 0 aliphatic carbocycles. The molecule has 1 aromatic heterocycles. The van der Waals surface area contributed by atoms with E-state index in [1.807, 2.05) is 13.0 Å². The van der Waals surface area contributed by atoms with Crippen molar-refractivity contribution in [3.05, 3.63) is 42.2 Å². The molecule has 1 saturated heterocycles. The summed E-state index contributed by atoms with van der Waals surface area (Å²) in [6, 6.07) is 7.08. The van der Waals surface area contributed by atoms with Crippen LogP contribution >= 0.6 is 12.4 Å². The number of rotatable bonds is 4. The Hall–Kier alpha value is -2.22. The maximum absolute atomic E-state index is 12.2. The third kappa shape index (κ3) is 4.64. The number of aryl methyl sites for hydroxylation is 1. The topological polar surface area (TPSA) is 85.4 Å². The van der Waals surface area contributed by atoms with Crippen molar-refractivity contribution < 1.29 is 14.3 Å². The van der Waals surface area contributed by atoms with Crippen molar-refractivity contribution in [1.29, 1.82) is 0 Å². The van der Waals surface area contributed by atoms with E-state index in [1.54, 1.807) is 30.6 Å². The lowest BCUT2D eigenvalue weighted by Gasteiger charge is -2.23. The van der Waals surface area contributed by atoms with E-state index in [0.29, 0.717) is 25.5 Å². The molecule has 0 bridgehead atoms. The van der Waals surface area contributed by atoms with Crippen molar-refractivity contribution in [2.45, 2.75) is 13.0 Å². The summed E-state index contributed by atoms with van der Waals surface area (Å²) in [5, 5.41) is 6.03. The minimum Gasteiger partial charge on any atom is -0.424 e. The van der Waals surface area contributed by atoms with Gasteiger partial charge < -0.3 is 20.1 Å². The van der Waals surface area contributed by atoms with E-state index in [9.17, 15) is 4.79 Å². The van der Waals surface area contributed by atoms with Gasteiger partial charge >= 0.3 is 6.01 Å². The summed E-state index contributed by atoms with van der Waals surface area (Å²) in [5.41, 5.74) is 1.63. The average molecular weight is 351 g/mol. The second-order valence-corrected chi connectivity index (χ2v) is 5.18. The zero-order chi connectivity index (χ0) is 16.1. The molecule has 7 nitrogen and oxygen atoms in total.